The summed E-state index contributed by atoms with van der Waals surface area (Å²) < 4.78 is 0.999. The Bertz CT molecular complexity index is 600. The van der Waals surface area contributed by atoms with Gasteiger partial charge in [0.1, 0.15) is 0 Å². The molecule has 0 saturated heterocycles. The summed E-state index contributed by atoms with van der Waals surface area (Å²) >= 11 is 6.49. The molecule has 0 spiro atoms. The van der Waals surface area contributed by atoms with Crippen LogP contribution in [0.2, 0.25) is 0 Å². The third kappa shape index (κ3) is 3.73. The highest BCUT2D eigenvalue weighted by atomic mass is 79.9. The van der Waals surface area contributed by atoms with Crippen LogP contribution in [-0.2, 0) is 5.75 Å². The molecule has 0 unspecified atom stereocenters. The van der Waals surface area contributed by atoms with Crippen molar-refractivity contribution >= 4 is 50.6 Å². The predicted molar refractivity (Wildman–Crippen MR) is 84.1 cm³/mol. The Kier molecular flexibility index (Phi) is 4.87. The van der Waals surface area contributed by atoms with E-state index in [-0.39, 0.29) is 5.91 Å². The normalized spacial score (nSPS) is 10.4. The number of anilines is 1. The highest BCUT2D eigenvalue weighted by Crippen LogP contribution is 2.32. The van der Waals surface area contributed by atoms with E-state index in [1.165, 1.54) is 11.3 Å². The second kappa shape index (κ2) is 6.42. The Labute approximate surface area is 127 Å². The van der Waals surface area contributed by atoms with E-state index in [0.29, 0.717) is 4.88 Å². The van der Waals surface area contributed by atoms with Gasteiger partial charge in [0.05, 0.1) is 4.88 Å². The van der Waals surface area contributed by atoms with Gasteiger partial charge in [-0.05, 0) is 30.3 Å². The van der Waals surface area contributed by atoms with E-state index in [1.807, 2.05) is 24.3 Å². The van der Waals surface area contributed by atoms with E-state index in [4.69, 9.17) is 11.6 Å². The van der Waals surface area contributed by atoms with E-state index in [9.17, 15) is 4.79 Å². The molecule has 0 aliphatic rings. The van der Waals surface area contributed by atoms with Gasteiger partial charge >= 0.3 is 0 Å². The average Bonchev–Trinajstić information content (AvgIpc) is 2.88. The number of hydrazine groups is 1. The number of carbonyl (C=O) groups is 1. The summed E-state index contributed by atoms with van der Waals surface area (Å²) in [6.07, 6.45) is 0. The first-order valence-corrected chi connectivity index (χ1v) is 7.97. The maximum atomic E-state index is 11.3. The first-order valence-electron chi connectivity index (χ1n) is 5.37. The van der Waals surface area contributed by atoms with Gasteiger partial charge in [0, 0.05) is 25.7 Å². The smallest absolute Gasteiger partial charge is 0.275 e. The number of carbonyl (C=O) groups excluding carboxylic acids is 1. The molecule has 0 aliphatic heterocycles. The molecule has 5 N–H and O–H groups in total. The van der Waals surface area contributed by atoms with Crippen LogP contribution < -0.4 is 17.0 Å². The number of halogens is 1. The van der Waals surface area contributed by atoms with Crippen LogP contribution >= 0.6 is 39.0 Å². The monoisotopic (exact) mass is 357 g/mol. The van der Waals surface area contributed by atoms with Crippen molar-refractivity contribution in [3.8, 4) is 0 Å². The molecular weight excluding hydrogens is 346 g/mol. The van der Waals surface area contributed by atoms with Crippen molar-refractivity contribution in [2.45, 2.75) is 10.6 Å². The summed E-state index contributed by atoms with van der Waals surface area (Å²) in [5.41, 5.74) is 8.79. The molecule has 1 heterocycles. The van der Waals surface area contributed by atoms with Crippen molar-refractivity contribution in [1.82, 2.24) is 5.43 Å². The van der Waals surface area contributed by atoms with Gasteiger partial charge in [-0.1, -0.05) is 15.9 Å². The van der Waals surface area contributed by atoms with Gasteiger partial charge in [0.2, 0.25) is 0 Å². The SMILES string of the molecule is NNC(=O)c1ccc(CSc2cc(Br)ccc2N)s1. The minimum atomic E-state index is -0.261. The maximum Gasteiger partial charge on any atom is 0.275 e. The van der Waals surface area contributed by atoms with E-state index in [1.54, 1.807) is 17.8 Å². The highest BCUT2D eigenvalue weighted by Gasteiger charge is 2.08. The van der Waals surface area contributed by atoms with Gasteiger partial charge in [-0.25, -0.2) is 5.84 Å². The zero-order valence-corrected chi connectivity index (χ0v) is 13.1. The van der Waals surface area contributed by atoms with Crippen LogP contribution in [-0.4, -0.2) is 5.91 Å². The number of hydrogen-bond acceptors (Lipinski definition) is 5. The Morgan fingerprint density at radius 2 is 2.16 bits per heavy atom. The number of amides is 1. The molecule has 0 saturated carbocycles. The molecule has 0 bridgehead atoms. The second-order valence-electron chi connectivity index (χ2n) is 3.71. The van der Waals surface area contributed by atoms with Crippen molar-refractivity contribution < 1.29 is 4.79 Å². The fourth-order valence-corrected chi connectivity index (χ4v) is 3.90. The van der Waals surface area contributed by atoms with Crippen molar-refractivity contribution in [2.24, 2.45) is 5.84 Å². The molecule has 4 nitrogen and oxygen atoms in total. The molecule has 2 rings (SSSR count). The van der Waals surface area contributed by atoms with Crippen LogP contribution in [0.5, 0.6) is 0 Å². The van der Waals surface area contributed by atoms with Gasteiger partial charge < -0.3 is 5.73 Å². The number of rotatable bonds is 4. The lowest BCUT2D eigenvalue weighted by molar-refractivity contribution is 0.0957. The van der Waals surface area contributed by atoms with Crippen LogP contribution in [0, 0.1) is 0 Å². The summed E-state index contributed by atoms with van der Waals surface area (Å²) in [6, 6.07) is 9.47. The molecular formula is C12H12BrN3OS2. The molecule has 7 heteroatoms. The number of thiophene rings is 1. The van der Waals surface area contributed by atoms with Gasteiger partial charge in [0.15, 0.2) is 0 Å². The van der Waals surface area contributed by atoms with Gasteiger partial charge in [0.25, 0.3) is 5.91 Å². The summed E-state index contributed by atoms with van der Waals surface area (Å²) in [5.74, 6) is 5.60. The predicted octanol–water partition coefficient (Wildman–Crippen LogP) is 2.99. The number of nitrogens with two attached hydrogens (primary N) is 2. The quantitative estimate of drug-likeness (QED) is 0.258. The van der Waals surface area contributed by atoms with Gasteiger partial charge in [-0.3, -0.25) is 10.2 Å². The summed E-state index contributed by atoms with van der Waals surface area (Å²) in [4.78, 5) is 14.1. The van der Waals surface area contributed by atoms with Crippen molar-refractivity contribution in [2.75, 3.05) is 5.73 Å². The Morgan fingerprint density at radius 1 is 1.37 bits per heavy atom. The fraction of sp³-hybridized carbons (Fsp3) is 0.0833. The molecule has 100 valence electrons. The van der Waals surface area contributed by atoms with E-state index >= 15 is 0 Å². The molecule has 19 heavy (non-hydrogen) atoms. The number of benzene rings is 1. The molecule has 0 aliphatic carbocycles. The Balaban J connectivity index is 2.04. The van der Waals surface area contributed by atoms with Crippen LogP contribution in [0.3, 0.4) is 0 Å². The van der Waals surface area contributed by atoms with Crippen LogP contribution in [0.25, 0.3) is 0 Å². The second-order valence-corrected chi connectivity index (χ2v) is 6.81. The molecule has 1 aromatic carbocycles. The number of hydrogen-bond donors (Lipinski definition) is 3. The summed E-state index contributed by atoms with van der Waals surface area (Å²) in [5, 5.41) is 0. The molecule has 1 amide bonds. The lowest BCUT2D eigenvalue weighted by Crippen LogP contribution is -2.29. The molecule has 2 aromatic rings. The minimum absolute atomic E-state index is 0.261. The van der Waals surface area contributed by atoms with Crippen molar-refractivity contribution in [3.05, 3.63) is 44.6 Å². The molecule has 0 atom stereocenters. The van der Waals surface area contributed by atoms with Crippen molar-refractivity contribution in [1.29, 1.82) is 0 Å². The standard InChI is InChI=1S/C12H12BrN3OS2/c13-7-1-3-9(14)11(5-7)18-6-8-2-4-10(19-8)12(17)16-15/h1-5H,6,14-15H2,(H,16,17). The van der Waals surface area contributed by atoms with Gasteiger partial charge in [-0.2, -0.15) is 0 Å². The fourth-order valence-electron chi connectivity index (χ4n) is 1.43. The summed E-state index contributed by atoms with van der Waals surface area (Å²) in [7, 11) is 0. The first kappa shape index (κ1) is 14.4. The largest absolute Gasteiger partial charge is 0.398 e. The number of thioether (sulfide) groups is 1. The number of nitrogen functional groups attached to an aromatic ring is 2. The molecule has 1 aromatic heterocycles. The van der Waals surface area contributed by atoms with E-state index < -0.39 is 0 Å². The van der Waals surface area contributed by atoms with E-state index in [2.05, 4.69) is 21.4 Å². The Hall–Kier alpha value is -1.02. The first-order chi connectivity index (χ1) is 9.10. The highest BCUT2D eigenvalue weighted by molar-refractivity contribution is 9.10. The third-order valence-corrected chi connectivity index (χ3v) is 5.24. The average molecular weight is 358 g/mol. The van der Waals surface area contributed by atoms with Crippen LogP contribution in [0.15, 0.2) is 39.7 Å². The van der Waals surface area contributed by atoms with Gasteiger partial charge in [-0.15, -0.1) is 23.1 Å². The molecule has 0 radical (unpaired) electrons. The third-order valence-electron chi connectivity index (χ3n) is 2.36. The zero-order chi connectivity index (χ0) is 13.8. The molecule has 0 fully saturated rings. The number of nitrogens with one attached hydrogen (secondary N) is 1. The maximum absolute atomic E-state index is 11.3. The van der Waals surface area contributed by atoms with E-state index in [0.717, 1.165) is 25.7 Å². The lowest BCUT2D eigenvalue weighted by Gasteiger charge is -2.04. The lowest BCUT2D eigenvalue weighted by atomic mass is 10.3. The summed E-state index contributed by atoms with van der Waals surface area (Å²) in [6.45, 7) is 0. The Morgan fingerprint density at radius 3 is 2.89 bits per heavy atom. The van der Waals surface area contributed by atoms with Crippen LogP contribution in [0.1, 0.15) is 14.5 Å². The van der Waals surface area contributed by atoms with Crippen LogP contribution in [0.4, 0.5) is 5.69 Å². The van der Waals surface area contributed by atoms with Crippen molar-refractivity contribution in [3.63, 3.8) is 0 Å². The topological polar surface area (TPSA) is 81.1 Å². The minimum Gasteiger partial charge on any atom is -0.398 e. The zero-order valence-electron chi connectivity index (χ0n) is 9.85.